The molecule has 7 nitrogen and oxygen atoms in total. The van der Waals surface area contributed by atoms with Gasteiger partial charge >= 0.3 is 0 Å². The average Bonchev–Trinajstić information content (AvgIpc) is 2.64. The standard InChI is InChI=1S/C17H22N6O/c1-12(16-14(10-19-2)17(18)22-11-21-16)13-3-4-15(20-9-13)23-5-7-24-8-6-23/h3-4,9-12H,5-8H2,1-2H3,(H2,18,21,22). The first kappa shape index (κ1) is 16.3. The number of pyridine rings is 1. The van der Waals surface area contributed by atoms with Crippen molar-refractivity contribution >= 4 is 17.9 Å². The Labute approximate surface area is 141 Å². The van der Waals surface area contributed by atoms with Crippen molar-refractivity contribution < 1.29 is 4.74 Å². The van der Waals surface area contributed by atoms with Crippen molar-refractivity contribution in [1.82, 2.24) is 15.0 Å². The number of rotatable bonds is 4. The van der Waals surface area contributed by atoms with E-state index in [9.17, 15) is 0 Å². The maximum absolute atomic E-state index is 5.97. The molecule has 3 rings (SSSR count). The number of nitrogens with zero attached hydrogens (tertiary/aromatic N) is 5. The normalized spacial score (nSPS) is 16.5. The van der Waals surface area contributed by atoms with Crippen LogP contribution in [0.3, 0.4) is 0 Å². The summed E-state index contributed by atoms with van der Waals surface area (Å²) in [4.78, 5) is 19.4. The van der Waals surface area contributed by atoms with Crippen LogP contribution in [0.1, 0.15) is 29.7 Å². The zero-order valence-corrected chi connectivity index (χ0v) is 14.0. The van der Waals surface area contributed by atoms with Crippen LogP contribution in [0.15, 0.2) is 29.6 Å². The molecule has 0 spiro atoms. The third-order valence-electron chi connectivity index (χ3n) is 4.22. The van der Waals surface area contributed by atoms with Crippen molar-refractivity contribution in [3.63, 3.8) is 0 Å². The lowest BCUT2D eigenvalue weighted by Gasteiger charge is -2.28. The largest absolute Gasteiger partial charge is 0.383 e. The Hall–Kier alpha value is -2.54. The molecule has 0 amide bonds. The van der Waals surface area contributed by atoms with E-state index in [1.807, 2.05) is 6.20 Å². The number of anilines is 2. The van der Waals surface area contributed by atoms with Crippen LogP contribution >= 0.6 is 0 Å². The molecule has 2 N–H and O–H groups in total. The van der Waals surface area contributed by atoms with Crippen LogP contribution in [0.25, 0.3) is 0 Å². The average molecular weight is 326 g/mol. The molecule has 0 saturated carbocycles. The zero-order chi connectivity index (χ0) is 16.9. The van der Waals surface area contributed by atoms with E-state index < -0.39 is 0 Å². The number of aliphatic imine (C=N–C) groups is 1. The second-order valence-electron chi connectivity index (χ2n) is 5.72. The van der Waals surface area contributed by atoms with Gasteiger partial charge in [0.05, 0.1) is 24.5 Å². The topological polar surface area (TPSA) is 89.5 Å². The van der Waals surface area contributed by atoms with Gasteiger partial charge < -0.3 is 15.4 Å². The second kappa shape index (κ2) is 7.35. The van der Waals surface area contributed by atoms with Gasteiger partial charge in [-0.3, -0.25) is 4.99 Å². The van der Waals surface area contributed by atoms with Crippen LogP contribution < -0.4 is 10.6 Å². The Morgan fingerprint density at radius 2 is 2.04 bits per heavy atom. The number of hydrogen-bond donors (Lipinski definition) is 1. The minimum atomic E-state index is 0.0505. The van der Waals surface area contributed by atoms with Crippen molar-refractivity contribution in [2.45, 2.75) is 12.8 Å². The van der Waals surface area contributed by atoms with E-state index in [1.165, 1.54) is 6.33 Å². The lowest BCUT2D eigenvalue weighted by molar-refractivity contribution is 0.122. The Bertz CT molecular complexity index is 710. The van der Waals surface area contributed by atoms with Crippen LogP contribution in [0.4, 0.5) is 11.6 Å². The molecular formula is C17H22N6O. The Balaban J connectivity index is 1.85. The minimum absolute atomic E-state index is 0.0505. The van der Waals surface area contributed by atoms with Gasteiger partial charge in [-0.25, -0.2) is 15.0 Å². The summed E-state index contributed by atoms with van der Waals surface area (Å²) in [6, 6.07) is 4.14. The van der Waals surface area contributed by atoms with Crippen LogP contribution in [0.5, 0.6) is 0 Å². The fourth-order valence-electron chi connectivity index (χ4n) is 2.82. The van der Waals surface area contributed by atoms with Crippen LogP contribution in [-0.2, 0) is 4.74 Å². The fourth-order valence-corrected chi connectivity index (χ4v) is 2.82. The molecule has 0 aromatic carbocycles. The third kappa shape index (κ3) is 3.35. The molecule has 0 radical (unpaired) electrons. The van der Waals surface area contributed by atoms with Gasteiger partial charge in [0.15, 0.2) is 0 Å². The quantitative estimate of drug-likeness (QED) is 0.856. The van der Waals surface area contributed by atoms with E-state index in [0.717, 1.165) is 48.9 Å². The second-order valence-corrected chi connectivity index (χ2v) is 5.72. The number of hydrogen-bond acceptors (Lipinski definition) is 7. The molecule has 2 aromatic heterocycles. The first-order chi connectivity index (χ1) is 11.7. The molecule has 1 unspecified atom stereocenters. The molecular weight excluding hydrogens is 304 g/mol. The molecule has 24 heavy (non-hydrogen) atoms. The van der Waals surface area contributed by atoms with Crippen LogP contribution in [0, 0.1) is 0 Å². The van der Waals surface area contributed by atoms with Gasteiger partial charge in [-0.05, 0) is 11.6 Å². The minimum Gasteiger partial charge on any atom is -0.383 e. The molecule has 7 heteroatoms. The van der Waals surface area contributed by atoms with Crippen LogP contribution in [0.2, 0.25) is 0 Å². The van der Waals surface area contributed by atoms with Crippen molar-refractivity contribution in [1.29, 1.82) is 0 Å². The first-order valence-electron chi connectivity index (χ1n) is 8.02. The smallest absolute Gasteiger partial charge is 0.135 e. The summed E-state index contributed by atoms with van der Waals surface area (Å²) in [5.74, 6) is 1.47. The highest BCUT2D eigenvalue weighted by Gasteiger charge is 2.18. The maximum atomic E-state index is 5.97. The number of nitrogens with two attached hydrogens (primary N) is 1. The monoisotopic (exact) mass is 326 g/mol. The van der Waals surface area contributed by atoms with Crippen LogP contribution in [-0.4, -0.2) is 54.5 Å². The molecule has 3 heterocycles. The molecule has 0 aliphatic carbocycles. The van der Waals surface area contributed by atoms with E-state index in [-0.39, 0.29) is 5.92 Å². The van der Waals surface area contributed by atoms with E-state index in [0.29, 0.717) is 5.82 Å². The third-order valence-corrected chi connectivity index (χ3v) is 4.22. The molecule has 1 atom stereocenters. The summed E-state index contributed by atoms with van der Waals surface area (Å²) in [7, 11) is 1.71. The van der Waals surface area contributed by atoms with Gasteiger partial charge in [0, 0.05) is 38.5 Å². The molecule has 126 valence electrons. The predicted octanol–water partition coefficient (Wildman–Crippen LogP) is 1.49. The molecule has 2 aromatic rings. The Kier molecular flexibility index (Phi) is 5.00. The highest BCUT2D eigenvalue weighted by Crippen LogP contribution is 2.27. The lowest BCUT2D eigenvalue weighted by atomic mass is 9.96. The summed E-state index contributed by atoms with van der Waals surface area (Å²) in [6.45, 7) is 5.34. The van der Waals surface area contributed by atoms with Gasteiger partial charge in [0.2, 0.25) is 0 Å². The number of morpholine rings is 1. The summed E-state index contributed by atoms with van der Waals surface area (Å²) in [5.41, 5.74) is 8.67. The number of ether oxygens (including phenoxy) is 1. The van der Waals surface area contributed by atoms with Gasteiger partial charge in [-0.2, -0.15) is 0 Å². The summed E-state index contributed by atoms with van der Waals surface area (Å²) < 4.78 is 5.38. The molecule has 1 saturated heterocycles. The van der Waals surface area contributed by atoms with Crippen molar-refractivity contribution in [3.8, 4) is 0 Å². The van der Waals surface area contributed by atoms with Gasteiger partial charge in [0.1, 0.15) is 18.0 Å². The van der Waals surface area contributed by atoms with Crippen molar-refractivity contribution in [2.24, 2.45) is 4.99 Å². The highest BCUT2D eigenvalue weighted by molar-refractivity contribution is 5.87. The number of aromatic nitrogens is 3. The fraction of sp³-hybridized carbons (Fsp3) is 0.412. The van der Waals surface area contributed by atoms with Gasteiger partial charge in [0.25, 0.3) is 0 Å². The molecule has 1 aliphatic rings. The summed E-state index contributed by atoms with van der Waals surface area (Å²) in [6.07, 6.45) is 5.10. The Morgan fingerprint density at radius 3 is 2.71 bits per heavy atom. The van der Waals surface area contributed by atoms with E-state index in [4.69, 9.17) is 10.5 Å². The van der Waals surface area contributed by atoms with E-state index in [1.54, 1.807) is 13.3 Å². The summed E-state index contributed by atoms with van der Waals surface area (Å²) in [5, 5.41) is 0. The maximum Gasteiger partial charge on any atom is 0.135 e. The number of nitrogen functional groups attached to an aromatic ring is 1. The first-order valence-corrected chi connectivity index (χ1v) is 8.02. The molecule has 1 aliphatic heterocycles. The summed E-state index contributed by atoms with van der Waals surface area (Å²) >= 11 is 0. The highest BCUT2D eigenvalue weighted by atomic mass is 16.5. The van der Waals surface area contributed by atoms with Crippen molar-refractivity contribution in [3.05, 3.63) is 41.5 Å². The molecule has 1 fully saturated rings. The van der Waals surface area contributed by atoms with Crippen molar-refractivity contribution in [2.75, 3.05) is 44.0 Å². The SMILES string of the molecule is CN=Cc1c(N)ncnc1C(C)c1ccc(N2CCOCC2)nc1. The Morgan fingerprint density at radius 1 is 1.25 bits per heavy atom. The lowest BCUT2D eigenvalue weighted by Crippen LogP contribution is -2.36. The predicted molar refractivity (Wildman–Crippen MR) is 94.7 cm³/mol. The van der Waals surface area contributed by atoms with E-state index >= 15 is 0 Å². The zero-order valence-electron chi connectivity index (χ0n) is 14.0. The van der Waals surface area contributed by atoms with Gasteiger partial charge in [-0.15, -0.1) is 0 Å². The van der Waals surface area contributed by atoms with Gasteiger partial charge in [-0.1, -0.05) is 13.0 Å². The van der Waals surface area contributed by atoms with E-state index in [2.05, 4.69) is 43.9 Å². The molecule has 0 bridgehead atoms.